The molecule has 1 saturated heterocycles. The molecule has 15 heteroatoms. The van der Waals surface area contributed by atoms with Crippen LogP contribution in [0.1, 0.15) is 10.4 Å². The van der Waals surface area contributed by atoms with Gasteiger partial charge in [-0.2, -0.15) is 0 Å². The molecule has 0 unspecified atom stereocenters. The molecule has 4 rings (SSSR count). The van der Waals surface area contributed by atoms with Crippen molar-refractivity contribution < 1.29 is 41.0 Å². The number of hydrogen-bond donors (Lipinski definition) is 2. The number of hydrogen-bond acceptors (Lipinski definition) is 8. The van der Waals surface area contributed by atoms with Gasteiger partial charge >= 0.3 is 6.36 Å². The number of rotatable bonds is 7. The van der Waals surface area contributed by atoms with Crippen molar-refractivity contribution in [2.75, 3.05) is 43.5 Å². The van der Waals surface area contributed by atoms with Crippen molar-refractivity contribution in [1.29, 1.82) is 0 Å². The Morgan fingerprint density at radius 2 is 1.76 bits per heavy atom. The molecule has 3 aromatic rings. The van der Waals surface area contributed by atoms with Crippen molar-refractivity contribution in [3.05, 3.63) is 53.6 Å². The van der Waals surface area contributed by atoms with E-state index in [1.807, 2.05) is 0 Å². The molecule has 2 aromatic carbocycles. The van der Waals surface area contributed by atoms with Gasteiger partial charge in [-0.15, -0.1) is 23.4 Å². The predicted molar refractivity (Wildman–Crippen MR) is 122 cm³/mol. The van der Waals surface area contributed by atoms with Crippen LogP contribution in [0, 0.1) is 11.6 Å². The van der Waals surface area contributed by atoms with Crippen LogP contribution in [0.4, 0.5) is 32.8 Å². The SMILES string of the molecule is O=C(CN1CCOCC1)Nc1cc(C(=O)Nc2nnc(-c3c(F)cccc3F)s2)ccc1OC(F)(F)F. The van der Waals surface area contributed by atoms with E-state index in [4.69, 9.17) is 4.74 Å². The Balaban J connectivity index is 1.52. The molecule has 0 aliphatic carbocycles. The van der Waals surface area contributed by atoms with Crippen LogP contribution in [0.3, 0.4) is 0 Å². The van der Waals surface area contributed by atoms with Gasteiger partial charge in [0.15, 0.2) is 10.8 Å². The summed E-state index contributed by atoms with van der Waals surface area (Å²) in [6.45, 7) is 1.68. The zero-order valence-electron chi connectivity index (χ0n) is 18.8. The number of ether oxygens (including phenoxy) is 2. The van der Waals surface area contributed by atoms with Gasteiger partial charge in [0.1, 0.15) is 11.6 Å². The molecule has 1 aliphatic rings. The van der Waals surface area contributed by atoms with Gasteiger partial charge in [-0.1, -0.05) is 17.4 Å². The van der Waals surface area contributed by atoms with E-state index in [2.05, 4.69) is 25.6 Å². The van der Waals surface area contributed by atoms with Gasteiger partial charge in [0.05, 0.1) is 31.0 Å². The largest absolute Gasteiger partial charge is 0.573 e. The van der Waals surface area contributed by atoms with Gasteiger partial charge in [0.2, 0.25) is 11.0 Å². The van der Waals surface area contributed by atoms with Crippen molar-refractivity contribution in [3.8, 4) is 16.3 Å². The highest BCUT2D eigenvalue weighted by Crippen LogP contribution is 2.33. The van der Waals surface area contributed by atoms with E-state index < -0.39 is 41.1 Å². The molecule has 2 N–H and O–H groups in total. The smallest absolute Gasteiger partial charge is 0.404 e. The second kappa shape index (κ2) is 11.1. The van der Waals surface area contributed by atoms with E-state index in [0.717, 1.165) is 30.3 Å². The fourth-order valence-corrected chi connectivity index (χ4v) is 4.17. The minimum atomic E-state index is -5.04. The number of nitrogens with zero attached hydrogens (tertiary/aromatic N) is 3. The topological polar surface area (TPSA) is 106 Å². The molecule has 196 valence electrons. The van der Waals surface area contributed by atoms with Crippen LogP contribution >= 0.6 is 11.3 Å². The number of nitrogens with one attached hydrogen (secondary N) is 2. The zero-order chi connectivity index (χ0) is 26.6. The number of carbonyl (C=O) groups excluding carboxylic acids is 2. The molecule has 2 amide bonds. The Morgan fingerprint density at radius 1 is 1.05 bits per heavy atom. The van der Waals surface area contributed by atoms with Crippen LogP contribution in [-0.2, 0) is 9.53 Å². The van der Waals surface area contributed by atoms with Crippen molar-refractivity contribution in [1.82, 2.24) is 15.1 Å². The molecule has 1 aliphatic heterocycles. The molecule has 9 nitrogen and oxygen atoms in total. The first-order valence-electron chi connectivity index (χ1n) is 10.7. The van der Waals surface area contributed by atoms with Gasteiger partial charge in [-0.3, -0.25) is 19.8 Å². The molecule has 0 bridgehead atoms. The number of alkyl halides is 3. The van der Waals surface area contributed by atoms with E-state index in [0.29, 0.717) is 37.6 Å². The molecule has 1 fully saturated rings. The molecule has 0 radical (unpaired) electrons. The predicted octanol–water partition coefficient (Wildman–Crippen LogP) is 3.90. The minimum absolute atomic E-state index is 0.106. The summed E-state index contributed by atoms with van der Waals surface area (Å²) in [7, 11) is 0. The third-order valence-electron chi connectivity index (χ3n) is 5.03. The fourth-order valence-electron chi connectivity index (χ4n) is 3.38. The van der Waals surface area contributed by atoms with Crippen molar-refractivity contribution >= 4 is 34.0 Å². The van der Waals surface area contributed by atoms with Gasteiger partial charge in [0.25, 0.3) is 5.91 Å². The van der Waals surface area contributed by atoms with Crippen LogP contribution < -0.4 is 15.4 Å². The molecular weight excluding hydrogens is 525 g/mol. The summed E-state index contributed by atoms with van der Waals surface area (Å²) in [4.78, 5) is 26.9. The molecule has 37 heavy (non-hydrogen) atoms. The summed E-state index contributed by atoms with van der Waals surface area (Å²) >= 11 is 0.690. The summed E-state index contributed by atoms with van der Waals surface area (Å²) in [5, 5.41) is 11.8. The van der Waals surface area contributed by atoms with Crippen molar-refractivity contribution in [2.24, 2.45) is 0 Å². The first-order valence-corrected chi connectivity index (χ1v) is 11.5. The number of morpholine rings is 1. The third-order valence-corrected chi connectivity index (χ3v) is 5.89. The summed E-state index contributed by atoms with van der Waals surface area (Å²) < 4.78 is 75.8. The van der Waals surface area contributed by atoms with Crippen molar-refractivity contribution in [3.63, 3.8) is 0 Å². The molecular formula is C22H18F5N5O4S. The summed E-state index contributed by atoms with van der Waals surface area (Å²) in [6.07, 6.45) is -5.04. The van der Waals surface area contributed by atoms with E-state index in [9.17, 15) is 31.5 Å². The Hall–Kier alpha value is -3.69. The van der Waals surface area contributed by atoms with Crippen LogP contribution in [0.15, 0.2) is 36.4 Å². The lowest BCUT2D eigenvalue weighted by molar-refractivity contribution is -0.274. The maximum Gasteiger partial charge on any atom is 0.573 e. The maximum absolute atomic E-state index is 14.0. The van der Waals surface area contributed by atoms with Crippen LogP contribution in [0.5, 0.6) is 5.75 Å². The van der Waals surface area contributed by atoms with E-state index in [-0.39, 0.29) is 27.9 Å². The highest BCUT2D eigenvalue weighted by atomic mass is 32.1. The molecule has 1 aromatic heterocycles. The zero-order valence-corrected chi connectivity index (χ0v) is 19.6. The van der Waals surface area contributed by atoms with Gasteiger partial charge in [-0.25, -0.2) is 8.78 Å². The minimum Gasteiger partial charge on any atom is -0.404 e. The quantitative estimate of drug-likeness (QED) is 0.436. The Labute approximate surface area is 210 Å². The number of carbonyl (C=O) groups is 2. The molecule has 0 atom stereocenters. The fraction of sp³-hybridized carbons (Fsp3) is 0.273. The number of halogens is 5. The lowest BCUT2D eigenvalue weighted by atomic mass is 10.1. The second-order valence-corrected chi connectivity index (χ2v) is 8.64. The first-order chi connectivity index (χ1) is 17.6. The first kappa shape index (κ1) is 26.4. The van der Waals surface area contributed by atoms with Crippen LogP contribution in [0.25, 0.3) is 10.6 Å². The molecule has 0 saturated carbocycles. The number of amides is 2. The van der Waals surface area contributed by atoms with E-state index in [1.165, 1.54) is 6.07 Å². The number of anilines is 2. The monoisotopic (exact) mass is 543 g/mol. The van der Waals surface area contributed by atoms with Crippen molar-refractivity contribution in [2.45, 2.75) is 6.36 Å². The summed E-state index contributed by atoms with van der Waals surface area (Å²) in [5.74, 6) is -3.89. The number of aromatic nitrogens is 2. The normalized spacial score (nSPS) is 14.3. The van der Waals surface area contributed by atoms with Gasteiger partial charge in [-0.05, 0) is 30.3 Å². The Kier molecular flexibility index (Phi) is 7.94. The Morgan fingerprint density at radius 3 is 2.43 bits per heavy atom. The highest BCUT2D eigenvalue weighted by molar-refractivity contribution is 7.18. The molecule has 0 spiro atoms. The van der Waals surface area contributed by atoms with E-state index >= 15 is 0 Å². The second-order valence-electron chi connectivity index (χ2n) is 7.66. The average Bonchev–Trinajstić information content (AvgIpc) is 3.27. The summed E-state index contributed by atoms with van der Waals surface area (Å²) in [6, 6.07) is 6.20. The standard InChI is InChI=1S/C22H18F5N5O4S/c23-13-2-1-3-14(24)18(13)20-30-31-21(37-20)29-19(34)12-4-5-16(36-22(25,26)27)15(10-12)28-17(33)11-32-6-8-35-9-7-32/h1-5,10H,6-9,11H2,(H,28,33)(H,29,31,34). The van der Waals surface area contributed by atoms with Crippen LogP contribution in [-0.4, -0.2) is 66.1 Å². The average molecular weight is 543 g/mol. The van der Waals surface area contributed by atoms with E-state index in [1.54, 1.807) is 4.90 Å². The highest BCUT2D eigenvalue weighted by Gasteiger charge is 2.33. The maximum atomic E-state index is 14.0. The van der Waals surface area contributed by atoms with Gasteiger partial charge < -0.3 is 14.8 Å². The third kappa shape index (κ3) is 6.96. The number of benzene rings is 2. The summed E-state index contributed by atoms with van der Waals surface area (Å²) in [5.41, 5.74) is -0.945. The Bertz CT molecular complexity index is 1280. The van der Waals surface area contributed by atoms with Crippen LogP contribution in [0.2, 0.25) is 0 Å². The van der Waals surface area contributed by atoms with Gasteiger partial charge in [0, 0.05) is 18.7 Å². The lowest BCUT2D eigenvalue weighted by Crippen LogP contribution is -2.41. The lowest BCUT2D eigenvalue weighted by Gasteiger charge is -2.26. The molecule has 2 heterocycles.